The van der Waals surface area contributed by atoms with Crippen LogP contribution in [0.2, 0.25) is 0 Å². The number of benzene rings is 2. The summed E-state index contributed by atoms with van der Waals surface area (Å²) in [5, 5.41) is 2.89. The summed E-state index contributed by atoms with van der Waals surface area (Å²) in [4.78, 5) is 25.9. The first-order chi connectivity index (χ1) is 13.9. The third kappa shape index (κ3) is 5.74. The lowest BCUT2D eigenvalue weighted by molar-refractivity contribution is 0.0383. The summed E-state index contributed by atoms with van der Waals surface area (Å²) < 4.78 is 18.6. The van der Waals surface area contributed by atoms with Gasteiger partial charge >= 0.3 is 5.97 Å². The summed E-state index contributed by atoms with van der Waals surface area (Å²) in [6.07, 6.45) is 0.463. The molecule has 0 saturated heterocycles. The maximum absolute atomic E-state index is 13.4. The lowest BCUT2D eigenvalue weighted by atomic mass is 10.0. The van der Waals surface area contributed by atoms with E-state index in [2.05, 4.69) is 5.32 Å². The standard InChI is InChI=1S/C23H22FNO3S/c1-15(2)28-23(27)21-10-9-20(29-21)11-12-25-22(26)18-7-3-5-16(13-18)17-6-4-8-19(24)14-17/h3-10,13-15H,11-12H2,1-2H3,(H,25,26). The van der Waals surface area contributed by atoms with Crippen LogP contribution in [0.15, 0.2) is 60.7 Å². The molecule has 1 N–H and O–H groups in total. The van der Waals surface area contributed by atoms with Crippen LogP contribution in [-0.2, 0) is 11.2 Å². The van der Waals surface area contributed by atoms with Crippen LogP contribution in [0.5, 0.6) is 0 Å². The third-order valence-electron chi connectivity index (χ3n) is 4.15. The van der Waals surface area contributed by atoms with Gasteiger partial charge in [0.1, 0.15) is 10.7 Å². The Hall–Kier alpha value is -2.99. The molecule has 2 aromatic carbocycles. The number of hydrogen-bond acceptors (Lipinski definition) is 4. The van der Waals surface area contributed by atoms with Crippen molar-refractivity contribution in [3.8, 4) is 11.1 Å². The fourth-order valence-electron chi connectivity index (χ4n) is 2.80. The molecular formula is C23H22FNO3S. The molecule has 0 atom stereocenters. The first-order valence-electron chi connectivity index (χ1n) is 9.36. The second-order valence-corrected chi connectivity index (χ2v) is 7.99. The summed E-state index contributed by atoms with van der Waals surface area (Å²) in [6.45, 7) is 4.07. The average molecular weight is 411 g/mol. The molecular weight excluding hydrogens is 389 g/mol. The van der Waals surface area contributed by atoms with Crippen molar-refractivity contribution in [2.75, 3.05) is 6.54 Å². The highest BCUT2D eigenvalue weighted by Gasteiger charge is 2.13. The summed E-state index contributed by atoms with van der Waals surface area (Å²) in [5.74, 6) is -0.835. The number of esters is 1. The minimum Gasteiger partial charge on any atom is -0.459 e. The zero-order chi connectivity index (χ0) is 20.8. The fourth-order valence-corrected chi connectivity index (χ4v) is 3.69. The van der Waals surface area contributed by atoms with E-state index in [1.165, 1.54) is 23.5 Å². The highest BCUT2D eigenvalue weighted by molar-refractivity contribution is 7.13. The van der Waals surface area contributed by atoms with Crippen molar-refractivity contribution in [2.45, 2.75) is 26.4 Å². The molecule has 0 fully saturated rings. The van der Waals surface area contributed by atoms with Gasteiger partial charge in [-0.2, -0.15) is 0 Å². The van der Waals surface area contributed by atoms with Gasteiger partial charge in [-0.25, -0.2) is 9.18 Å². The third-order valence-corrected chi connectivity index (χ3v) is 5.27. The lowest BCUT2D eigenvalue weighted by Crippen LogP contribution is -2.25. The van der Waals surface area contributed by atoms with Crippen molar-refractivity contribution in [3.63, 3.8) is 0 Å². The Morgan fingerprint density at radius 1 is 1.03 bits per heavy atom. The molecule has 29 heavy (non-hydrogen) atoms. The molecule has 0 spiro atoms. The number of nitrogens with one attached hydrogen (secondary N) is 1. The lowest BCUT2D eigenvalue weighted by Gasteiger charge is -2.07. The zero-order valence-corrected chi connectivity index (χ0v) is 17.1. The second kappa shape index (κ2) is 9.47. The Labute approximate surface area is 173 Å². The minimum absolute atomic E-state index is 0.157. The Kier molecular flexibility index (Phi) is 6.77. The number of carbonyl (C=O) groups excluding carboxylic acids is 2. The van der Waals surface area contributed by atoms with Crippen LogP contribution in [0, 0.1) is 5.82 Å². The second-order valence-electron chi connectivity index (χ2n) is 6.82. The minimum atomic E-state index is -0.325. The monoisotopic (exact) mass is 411 g/mol. The van der Waals surface area contributed by atoms with Gasteiger partial charge in [0.15, 0.2) is 0 Å². The van der Waals surface area contributed by atoms with E-state index >= 15 is 0 Å². The molecule has 1 heterocycles. The highest BCUT2D eigenvalue weighted by Crippen LogP contribution is 2.21. The van der Waals surface area contributed by atoms with Crippen LogP contribution in [0.3, 0.4) is 0 Å². The first kappa shape index (κ1) is 20.7. The number of carbonyl (C=O) groups is 2. The Morgan fingerprint density at radius 3 is 2.48 bits per heavy atom. The molecule has 150 valence electrons. The summed E-state index contributed by atoms with van der Waals surface area (Å²) in [5.41, 5.74) is 2.02. The van der Waals surface area contributed by atoms with E-state index in [1.807, 2.05) is 26.0 Å². The smallest absolute Gasteiger partial charge is 0.348 e. The molecule has 1 amide bonds. The molecule has 0 aliphatic carbocycles. The largest absolute Gasteiger partial charge is 0.459 e. The van der Waals surface area contributed by atoms with Crippen molar-refractivity contribution in [2.24, 2.45) is 0 Å². The predicted octanol–water partition coefficient (Wildman–Crippen LogP) is 5.09. The van der Waals surface area contributed by atoms with Crippen molar-refractivity contribution in [1.29, 1.82) is 0 Å². The normalized spacial score (nSPS) is 10.8. The Morgan fingerprint density at radius 2 is 1.76 bits per heavy atom. The molecule has 0 unspecified atom stereocenters. The van der Waals surface area contributed by atoms with E-state index < -0.39 is 0 Å². The van der Waals surface area contributed by atoms with E-state index in [0.717, 1.165) is 16.0 Å². The number of thiophene rings is 1. The molecule has 0 bridgehead atoms. The van der Waals surface area contributed by atoms with Gasteiger partial charge in [-0.05, 0) is 67.8 Å². The molecule has 0 saturated carbocycles. The number of halogens is 1. The van der Waals surface area contributed by atoms with Crippen LogP contribution in [-0.4, -0.2) is 24.5 Å². The van der Waals surface area contributed by atoms with Crippen LogP contribution in [0.1, 0.15) is 38.8 Å². The van der Waals surface area contributed by atoms with Gasteiger partial charge in [0.05, 0.1) is 6.10 Å². The van der Waals surface area contributed by atoms with E-state index in [4.69, 9.17) is 4.74 Å². The van der Waals surface area contributed by atoms with Crippen molar-refractivity contribution >= 4 is 23.2 Å². The van der Waals surface area contributed by atoms with Crippen molar-refractivity contribution in [1.82, 2.24) is 5.32 Å². The quantitative estimate of drug-likeness (QED) is 0.551. The number of hydrogen-bond donors (Lipinski definition) is 1. The van der Waals surface area contributed by atoms with Crippen LogP contribution < -0.4 is 5.32 Å². The van der Waals surface area contributed by atoms with Gasteiger partial charge < -0.3 is 10.1 Å². The predicted molar refractivity (Wildman–Crippen MR) is 113 cm³/mol. The molecule has 0 aliphatic rings. The molecule has 0 radical (unpaired) electrons. The Balaban J connectivity index is 1.57. The van der Waals surface area contributed by atoms with Gasteiger partial charge in [-0.1, -0.05) is 24.3 Å². The topological polar surface area (TPSA) is 55.4 Å². The number of ether oxygens (including phenoxy) is 1. The number of amides is 1. The van der Waals surface area contributed by atoms with Gasteiger partial charge in [0.25, 0.3) is 5.91 Å². The highest BCUT2D eigenvalue weighted by atomic mass is 32.1. The average Bonchev–Trinajstić information content (AvgIpc) is 3.17. The molecule has 1 aromatic heterocycles. The molecule has 4 nitrogen and oxygen atoms in total. The first-order valence-corrected chi connectivity index (χ1v) is 10.2. The molecule has 6 heteroatoms. The van der Waals surface area contributed by atoms with E-state index in [-0.39, 0.29) is 23.8 Å². The SMILES string of the molecule is CC(C)OC(=O)c1ccc(CCNC(=O)c2cccc(-c3cccc(F)c3)c2)s1. The fraction of sp³-hybridized carbons (Fsp3) is 0.217. The van der Waals surface area contributed by atoms with Gasteiger partial charge in [-0.3, -0.25) is 4.79 Å². The van der Waals surface area contributed by atoms with E-state index in [1.54, 1.807) is 36.4 Å². The van der Waals surface area contributed by atoms with Crippen molar-refractivity contribution in [3.05, 3.63) is 81.8 Å². The van der Waals surface area contributed by atoms with E-state index in [0.29, 0.717) is 23.4 Å². The van der Waals surface area contributed by atoms with Gasteiger partial charge in [0, 0.05) is 17.0 Å². The van der Waals surface area contributed by atoms with Crippen LogP contribution in [0.4, 0.5) is 4.39 Å². The van der Waals surface area contributed by atoms with E-state index in [9.17, 15) is 14.0 Å². The van der Waals surface area contributed by atoms with Gasteiger partial charge in [0.2, 0.25) is 0 Å². The van der Waals surface area contributed by atoms with Crippen molar-refractivity contribution < 1.29 is 18.7 Å². The molecule has 3 rings (SSSR count). The molecule has 0 aliphatic heterocycles. The summed E-state index contributed by atoms with van der Waals surface area (Å²) in [6, 6.07) is 17.0. The van der Waals surface area contributed by atoms with Gasteiger partial charge in [-0.15, -0.1) is 11.3 Å². The van der Waals surface area contributed by atoms with Crippen LogP contribution in [0.25, 0.3) is 11.1 Å². The maximum atomic E-state index is 13.4. The zero-order valence-electron chi connectivity index (χ0n) is 16.3. The Bertz CT molecular complexity index is 1010. The summed E-state index contributed by atoms with van der Waals surface area (Å²) >= 11 is 1.37. The molecule has 3 aromatic rings. The van der Waals surface area contributed by atoms with Crippen LogP contribution >= 0.6 is 11.3 Å². The maximum Gasteiger partial charge on any atom is 0.348 e. The number of rotatable bonds is 7. The summed E-state index contributed by atoms with van der Waals surface area (Å²) in [7, 11) is 0.